The quantitative estimate of drug-likeness (QED) is 0.875. The molecule has 0 amide bonds. The van der Waals surface area contributed by atoms with Crippen molar-refractivity contribution in [2.75, 3.05) is 6.54 Å². The van der Waals surface area contributed by atoms with Crippen LogP contribution in [0.3, 0.4) is 0 Å². The van der Waals surface area contributed by atoms with Crippen molar-refractivity contribution in [1.29, 1.82) is 0 Å². The van der Waals surface area contributed by atoms with Crippen LogP contribution in [0.25, 0.3) is 0 Å². The molecular weight excluding hydrogens is 310 g/mol. The third-order valence-corrected chi connectivity index (χ3v) is 3.10. The maximum atomic E-state index is 5.65. The molecule has 0 spiro atoms. The standard InChI is InChI=1S/C12H16BrN5O/c1-3-14-7-9-4-5-11(10(13)6-9)19-8-12-15-17-18(2)16-12/h4-6,14H,3,7-8H2,1-2H3. The van der Waals surface area contributed by atoms with Crippen LogP contribution in [0.4, 0.5) is 0 Å². The molecule has 0 fully saturated rings. The van der Waals surface area contributed by atoms with Gasteiger partial charge < -0.3 is 10.1 Å². The zero-order chi connectivity index (χ0) is 13.7. The van der Waals surface area contributed by atoms with Crippen LogP contribution in [0.1, 0.15) is 18.3 Å². The summed E-state index contributed by atoms with van der Waals surface area (Å²) in [6, 6.07) is 6.02. The zero-order valence-electron chi connectivity index (χ0n) is 10.9. The molecule has 0 atom stereocenters. The van der Waals surface area contributed by atoms with E-state index in [1.54, 1.807) is 7.05 Å². The number of aromatic nitrogens is 4. The summed E-state index contributed by atoms with van der Waals surface area (Å²) in [5.41, 5.74) is 1.21. The van der Waals surface area contributed by atoms with Gasteiger partial charge in [0.2, 0.25) is 5.82 Å². The molecule has 0 radical (unpaired) electrons. The first-order chi connectivity index (χ1) is 9.19. The van der Waals surface area contributed by atoms with Gasteiger partial charge in [-0.3, -0.25) is 0 Å². The van der Waals surface area contributed by atoms with Gasteiger partial charge in [0.15, 0.2) is 6.61 Å². The van der Waals surface area contributed by atoms with Gasteiger partial charge in [0.1, 0.15) is 5.75 Å². The fourth-order valence-corrected chi connectivity index (χ4v) is 2.10. The molecule has 7 heteroatoms. The predicted octanol–water partition coefficient (Wildman–Crippen LogP) is 1.66. The molecule has 0 aliphatic heterocycles. The largest absolute Gasteiger partial charge is 0.484 e. The lowest BCUT2D eigenvalue weighted by atomic mass is 10.2. The number of nitrogens with one attached hydrogen (secondary N) is 1. The predicted molar refractivity (Wildman–Crippen MR) is 74.7 cm³/mol. The number of tetrazole rings is 1. The lowest BCUT2D eigenvalue weighted by Gasteiger charge is -2.08. The second-order valence-electron chi connectivity index (χ2n) is 4.03. The Hall–Kier alpha value is -1.47. The number of hydrogen-bond acceptors (Lipinski definition) is 5. The fraction of sp³-hybridized carbons (Fsp3) is 0.417. The van der Waals surface area contributed by atoms with Crippen LogP contribution >= 0.6 is 15.9 Å². The van der Waals surface area contributed by atoms with E-state index in [9.17, 15) is 0 Å². The van der Waals surface area contributed by atoms with E-state index >= 15 is 0 Å². The molecular formula is C12H16BrN5O. The van der Waals surface area contributed by atoms with Gasteiger partial charge in [-0.1, -0.05) is 13.0 Å². The highest BCUT2D eigenvalue weighted by molar-refractivity contribution is 9.10. The third kappa shape index (κ3) is 4.00. The minimum Gasteiger partial charge on any atom is -0.484 e. The number of nitrogens with zero attached hydrogens (tertiary/aromatic N) is 4. The summed E-state index contributed by atoms with van der Waals surface area (Å²) in [4.78, 5) is 1.41. The first-order valence-electron chi connectivity index (χ1n) is 6.04. The first-order valence-corrected chi connectivity index (χ1v) is 6.83. The highest BCUT2D eigenvalue weighted by atomic mass is 79.9. The molecule has 19 heavy (non-hydrogen) atoms. The Morgan fingerprint density at radius 3 is 2.89 bits per heavy atom. The van der Waals surface area contributed by atoms with E-state index in [1.165, 1.54) is 10.4 Å². The molecule has 1 heterocycles. The number of rotatable bonds is 6. The van der Waals surface area contributed by atoms with Gasteiger partial charge in [0.25, 0.3) is 0 Å². The summed E-state index contributed by atoms with van der Waals surface area (Å²) in [6.07, 6.45) is 0. The maximum absolute atomic E-state index is 5.65. The molecule has 0 aliphatic rings. The van der Waals surface area contributed by atoms with Crippen molar-refractivity contribution in [3.05, 3.63) is 34.1 Å². The molecule has 6 nitrogen and oxygen atoms in total. The molecule has 1 aromatic carbocycles. The molecule has 2 aromatic rings. The summed E-state index contributed by atoms with van der Waals surface area (Å²) >= 11 is 3.50. The van der Waals surface area contributed by atoms with Gasteiger partial charge in [0, 0.05) is 6.54 Å². The van der Waals surface area contributed by atoms with Crippen molar-refractivity contribution in [3.63, 3.8) is 0 Å². The van der Waals surface area contributed by atoms with Crippen molar-refractivity contribution in [1.82, 2.24) is 25.5 Å². The summed E-state index contributed by atoms with van der Waals surface area (Å²) in [5.74, 6) is 1.33. The lowest BCUT2D eigenvalue weighted by Crippen LogP contribution is -2.11. The number of ether oxygens (including phenoxy) is 1. The van der Waals surface area contributed by atoms with Crippen LogP contribution in [-0.2, 0) is 20.2 Å². The average molecular weight is 326 g/mol. The molecule has 0 bridgehead atoms. The van der Waals surface area contributed by atoms with E-state index in [-0.39, 0.29) is 0 Å². The van der Waals surface area contributed by atoms with E-state index < -0.39 is 0 Å². The van der Waals surface area contributed by atoms with Gasteiger partial charge in [-0.15, -0.1) is 10.2 Å². The SMILES string of the molecule is CCNCc1ccc(OCc2nnn(C)n2)c(Br)c1. The van der Waals surface area contributed by atoms with Crippen LogP contribution in [0, 0.1) is 0 Å². The highest BCUT2D eigenvalue weighted by Crippen LogP contribution is 2.26. The Labute approximate surface area is 120 Å². The van der Waals surface area contributed by atoms with Crippen molar-refractivity contribution < 1.29 is 4.74 Å². The second kappa shape index (κ2) is 6.63. The second-order valence-corrected chi connectivity index (χ2v) is 4.88. The van der Waals surface area contributed by atoms with Crippen molar-refractivity contribution in [2.45, 2.75) is 20.1 Å². The summed E-state index contributed by atoms with van der Waals surface area (Å²) in [6.45, 7) is 4.19. The van der Waals surface area contributed by atoms with E-state index in [0.29, 0.717) is 12.4 Å². The van der Waals surface area contributed by atoms with Crippen molar-refractivity contribution in [3.8, 4) is 5.75 Å². The van der Waals surface area contributed by atoms with Gasteiger partial charge in [-0.2, -0.15) is 4.80 Å². The lowest BCUT2D eigenvalue weighted by molar-refractivity contribution is 0.293. The molecule has 0 unspecified atom stereocenters. The summed E-state index contributed by atoms with van der Waals surface area (Å²) in [5, 5.41) is 15.0. The Morgan fingerprint density at radius 1 is 1.42 bits per heavy atom. The van der Waals surface area contributed by atoms with Crippen LogP contribution in [-0.4, -0.2) is 26.8 Å². The number of halogens is 1. The van der Waals surface area contributed by atoms with Crippen LogP contribution in [0.15, 0.2) is 22.7 Å². The van der Waals surface area contributed by atoms with Gasteiger partial charge in [0.05, 0.1) is 11.5 Å². The smallest absolute Gasteiger partial charge is 0.212 e. The van der Waals surface area contributed by atoms with E-state index in [0.717, 1.165) is 23.3 Å². The Bertz CT molecular complexity index is 543. The minimum atomic E-state index is 0.305. The molecule has 1 aromatic heterocycles. The average Bonchev–Trinajstić information content (AvgIpc) is 2.81. The van der Waals surface area contributed by atoms with Crippen LogP contribution in [0.5, 0.6) is 5.75 Å². The fourth-order valence-electron chi connectivity index (χ4n) is 1.56. The first kappa shape index (κ1) is 14.0. The minimum absolute atomic E-state index is 0.305. The summed E-state index contributed by atoms with van der Waals surface area (Å²) in [7, 11) is 1.72. The molecule has 0 aliphatic carbocycles. The van der Waals surface area contributed by atoms with Crippen molar-refractivity contribution in [2.24, 2.45) is 7.05 Å². The van der Waals surface area contributed by atoms with Crippen molar-refractivity contribution >= 4 is 15.9 Å². The maximum Gasteiger partial charge on any atom is 0.212 e. The number of aryl methyl sites for hydroxylation is 1. The molecule has 0 saturated heterocycles. The highest BCUT2D eigenvalue weighted by Gasteiger charge is 2.05. The monoisotopic (exact) mass is 325 g/mol. The van der Waals surface area contributed by atoms with Crippen LogP contribution < -0.4 is 10.1 Å². The number of benzene rings is 1. The van der Waals surface area contributed by atoms with E-state index in [4.69, 9.17) is 4.74 Å². The van der Waals surface area contributed by atoms with Gasteiger partial charge in [-0.25, -0.2) is 0 Å². The van der Waals surface area contributed by atoms with Gasteiger partial charge in [-0.05, 0) is 45.4 Å². The van der Waals surface area contributed by atoms with E-state index in [1.807, 2.05) is 18.2 Å². The Balaban J connectivity index is 1.96. The Morgan fingerprint density at radius 2 is 2.26 bits per heavy atom. The zero-order valence-corrected chi connectivity index (χ0v) is 12.5. The Kier molecular flexibility index (Phi) is 4.86. The molecule has 2 rings (SSSR count). The topological polar surface area (TPSA) is 64.9 Å². The van der Waals surface area contributed by atoms with Crippen LogP contribution in [0.2, 0.25) is 0 Å². The van der Waals surface area contributed by atoms with E-state index in [2.05, 4.69) is 43.6 Å². The number of hydrogen-bond donors (Lipinski definition) is 1. The summed E-state index contributed by atoms with van der Waals surface area (Å²) < 4.78 is 6.57. The van der Waals surface area contributed by atoms with Gasteiger partial charge >= 0.3 is 0 Å². The molecule has 102 valence electrons. The normalized spacial score (nSPS) is 10.7. The third-order valence-electron chi connectivity index (χ3n) is 2.48. The molecule has 1 N–H and O–H groups in total. The molecule has 0 saturated carbocycles.